The Morgan fingerprint density at radius 2 is 1.46 bits per heavy atom. The number of aromatic hydroxyl groups is 1. The third-order valence-corrected chi connectivity index (χ3v) is 4.13. The normalized spacial score (nSPS) is 21.7. The molecule has 0 amide bonds. The standard InChI is InChI=1S/C17H21F3O4/c1-14(2,3)8-7-9(15(4,5)6)12-10(11(8)21)16(23,13(22)24-12)17(18,19)20/h7,21,23H,1-6H3/t16-/m1/s1. The molecule has 1 aromatic rings. The van der Waals surface area contributed by atoms with Crippen molar-refractivity contribution in [2.75, 3.05) is 0 Å². The molecule has 0 unspecified atom stereocenters. The van der Waals surface area contributed by atoms with E-state index < -0.39 is 45.6 Å². The van der Waals surface area contributed by atoms with E-state index in [4.69, 9.17) is 4.74 Å². The molecule has 0 saturated heterocycles. The van der Waals surface area contributed by atoms with Crippen molar-refractivity contribution in [2.24, 2.45) is 0 Å². The zero-order chi connectivity index (χ0) is 18.9. The van der Waals surface area contributed by atoms with E-state index >= 15 is 0 Å². The number of aliphatic hydroxyl groups is 1. The number of alkyl halides is 3. The minimum atomic E-state index is -5.32. The summed E-state index contributed by atoms with van der Waals surface area (Å²) in [7, 11) is 0. The molecule has 1 atom stereocenters. The maximum atomic E-state index is 13.4. The third kappa shape index (κ3) is 2.46. The molecule has 0 spiro atoms. The number of carbonyl (C=O) groups excluding carboxylic acids is 1. The first-order chi connectivity index (χ1) is 10.5. The highest BCUT2D eigenvalue weighted by atomic mass is 19.4. The van der Waals surface area contributed by atoms with Crippen LogP contribution in [0.3, 0.4) is 0 Å². The molecule has 1 aliphatic heterocycles. The molecule has 2 rings (SSSR count). The van der Waals surface area contributed by atoms with Gasteiger partial charge in [-0.25, -0.2) is 4.79 Å². The van der Waals surface area contributed by atoms with Crippen LogP contribution in [0, 0.1) is 0 Å². The molecule has 24 heavy (non-hydrogen) atoms. The van der Waals surface area contributed by atoms with Crippen LogP contribution >= 0.6 is 0 Å². The summed E-state index contributed by atoms with van der Waals surface area (Å²) in [4.78, 5) is 11.9. The lowest BCUT2D eigenvalue weighted by atomic mass is 9.76. The number of carbonyl (C=O) groups is 1. The highest BCUT2D eigenvalue weighted by Crippen LogP contribution is 2.56. The van der Waals surface area contributed by atoms with Crippen LogP contribution in [-0.4, -0.2) is 22.4 Å². The Bertz CT molecular complexity index is 709. The van der Waals surface area contributed by atoms with Gasteiger partial charge >= 0.3 is 12.1 Å². The fourth-order valence-electron chi connectivity index (χ4n) is 2.75. The third-order valence-electron chi connectivity index (χ3n) is 4.13. The molecule has 0 fully saturated rings. The second-order valence-electron chi connectivity index (χ2n) is 8.12. The van der Waals surface area contributed by atoms with E-state index in [1.165, 1.54) is 6.07 Å². The van der Waals surface area contributed by atoms with Gasteiger partial charge in [-0.1, -0.05) is 41.5 Å². The molecular formula is C17H21F3O4. The van der Waals surface area contributed by atoms with Gasteiger partial charge in [0, 0.05) is 11.1 Å². The second-order valence-corrected chi connectivity index (χ2v) is 8.12. The summed E-state index contributed by atoms with van der Waals surface area (Å²) in [6.07, 6.45) is -5.32. The summed E-state index contributed by atoms with van der Waals surface area (Å²) in [5.74, 6) is -3.04. The van der Waals surface area contributed by atoms with Crippen LogP contribution in [0.15, 0.2) is 6.07 Å². The van der Waals surface area contributed by atoms with Crippen LogP contribution in [0.2, 0.25) is 0 Å². The van der Waals surface area contributed by atoms with Gasteiger partial charge in [0.05, 0.1) is 5.56 Å². The molecule has 4 nitrogen and oxygen atoms in total. The average Bonchev–Trinajstić information content (AvgIpc) is 2.60. The highest BCUT2D eigenvalue weighted by molar-refractivity contribution is 5.92. The fourth-order valence-corrected chi connectivity index (χ4v) is 2.75. The topological polar surface area (TPSA) is 66.8 Å². The van der Waals surface area contributed by atoms with Crippen LogP contribution in [-0.2, 0) is 21.2 Å². The molecule has 0 aliphatic carbocycles. The maximum Gasteiger partial charge on any atom is 0.432 e. The van der Waals surface area contributed by atoms with Gasteiger partial charge in [-0.15, -0.1) is 0 Å². The molecule has 0 saturated carbocycles. The van der Waals surface area contributed by atoms with Crippen molar-refractivity contribution >= 4 is 5.97 Å². The number of hydrogen-bond donors (Lipinski definition) is 2. The van der Waals surface area contributed by atoms with Gasteiger partial charge < -0.3 is 14.9 Å². The number of rotatable bonds is 0. The predicted octanol–water partition coefficient (Wildman–Crippen LogP) is 3.66. The molecule has 1 aliphatic rings. The van der Waals surface area contributed by atoms with Gasteiger partial charge in [0.15, 0.2) is 0 Å². The van der Waals surface area contributed by atoms with E-state index in [-0.39, 0.29) is 5.56 Å². The number of phenolic OH excluding ortho intramolecular Hbond substituents is 1. The summed E-state index contributed by atoms with van der Waals surface area (Å²) >= 11 is 0. The van der Waals surface area contributed by atoms with E-state index in [2.05, 4.69) is 0 Å². The Morgan fingerprint density at radius 3 is 1.83 bits per heavy atom. The first-order valence-corrected chi connectivity index (χ1v) is 7.45. The van der Waals surface area contributed by atoms with Crippen LogP contribution in [0.4, 0.5) is 13.2 Å². The van der Waals surface area contributed by atoms with Gasteiger partial charge in [-0.3, -0.25) is 0 Å². The molecule has 134 valence electrons. The summed E-state index contributed by atoms with van der Waals surface area (Å²) in [6, 6.07) is 1.53. The van der Waals surface area contributed by atoms with Crippen molar-refractivity contribution in [2.45, 2.75) is 64.1 Å². The molecule has 0 aromatic heterocycles. The lowest BCUT2D eigenvalue weighted by molar-refractivity contribution is -0.258. The van der Waals surface area contributed by atoms with Crippen molar-refractivity contribution in [3.63, 3.8) is 0 Å². The highest BCUT2D eigenvalue weighted by Gasteiger charge is 2.68. The van der Waals surface area contributed by atoms with Gasteiger partial charge in [0.1, 0.15) is 11.5 Å². The quantitative estimate of drug-likeness (QED) is 0.556. The van der Waals surface area contributed by atoms with Crippen molar-refractivity contribution in [1.82, 2.24) is 0 Å². The van der Waals surface area contributed by atoms with E-state index in [1.54, 1.807) is 41.5 Å². The molecule has 2 N–H and O–H groups in total. The molecule has 0 radical (unpaired) electrons. The molecular weight excluding hydrogens is 325 g/mol. The number of halogens is 3. The van der Waals surface area contributed by atoms with Crippen molar-refractivity contribution in [3.8, 4) is 11.5 Å². The number of phenols is 1. The van der Waals surface area contributed by atoms with Crippen LogP contribution in [0.1, 0.15) is 58.2 Å². The smallest absolute Gasteiger partial charge is 0.432 e. The minimum Gasteiger partial charge on any atom is -0.507 e. The minimum absolute atomic E-state index is 0.201. The van der Waals surface area contributed by atoms with Gasteiger partial charge in [-0.2, -0.15) is 13.2 Å². The van der Waals surface area contributed by atoms with Gasteiger partial charge in [-0.05, 0) is 16.9 Å². The number of fused-ring (bicyclic) bond motifs is 1. The van der Waals surface area contributed by atoms with E-state index in [1.807, 2.05) is 0 Å². The number of ether oxygens (including phenoxy) is 1. The predicted molar refractivity (Wildman–Crippen MR) is 81.1 cm³/mol. The zero-order valence-corrected chi connectivity index (χ0v) is 14.4. The second kappa shape index (κ2) is 4.88. The molecule has 7 heteroatoms. The molecule has 1 heterocycles. The number of benzene rings is 1. The van der Waals surface area contributed by atoms with Crippen molar-refractivity contribution in [3.05, 3.63) is 22.8 Å². The summed E-state index contributed by atoms with van der Waals surface area (Å²) in [6.45, 7) is 10.4. The van der Waals surface area contributed by atoms with Crippen LogP contribution in [0.5, 0.6) is 11.5 Å². The largest absolute Gasteiger partial charge is 0.507 e. The van der Waals surface area contributed by atoms with Crippen molar-refractivity contribution in [1.29, 1.82) is 0 Å². The van der Waals surface area contributed by atoms with E-state index in [0.29, 0.717) is 5.56 Å². The Balaban J connectivity index is 2.99. The first-order valence-electron chi connectivity index (χ1n) is 7.45. The van der Waals surface area contributed by atoms with Gasteiger partial charge in [0.2, 0.25) is 0 Å². The Labute approximate surface area is 138 Å². The maximum absolute atomic E-state index is 13.4. The first kappa shape index (κ1) is 18.6. The Kier molecular flexibility index (Phi) is 3.77. The lowest BCUT2D eigenvalue weighted by Crippen LogP contribution is -2.47. The van der Waals surface area contributed by atoms with Crippen molar-refractivity contribution < 1.29 is 32.9 Å². The van der Waals surface area contributed by atoms with E-state index in [9.17, 15) is 28.2 Å². The fraction of sp³-hybridized carbons (Fsp3) is 0.588. The lowest BCUT2D eigenvalue weighted by Gasteiger charge is -2.30. The summed E-state index contributed by atoms with van der Waals surface area (Å²) in [5, 5.41) is 20.6. The summed E-state index contributed by atoms with van der Waals surface area (Å²) < 4.78 is 45.1. The Hall–Kier alpha value is -1.76. The SMILES string of the molecule is CC(C)(C)c1cc(C(C)(C)C)c2c(c1O)[C@](O)(C(F)(F)F)C(=O)O2. The average molecular weight is 346 g/mol. The molecule has 0 bridgehead atoms. The number of esters is 1. The zero-order valence-electron chi connectivity index (χ0n) is 14.4. The molecule has 1 aromatic carbocycles. The van der Waals surface area contributed by atoms with Gasteiger partial charge in [0.25, 0.3) is 5.60 Å². The van der Waals surface area contributed by atoms with E-state index in [0.717, 1.165) is 0 Å². The monoisotopic (exact) mass is 346 g/mol. The van der Waals surface area contributed by atoms with Crippen LogP contribution < -0.4 is 4.74 Å². The summed E-state index contributed by atoms with van der Waals surface area (Å²) in [5.41, 5.74) is -5.67. The Morgan fingerprint density at radius 1 is 1.00 bits per heavy atom. The number of hydrogen-bond acceptors (Lipinski definition) is 4. The van der Waals surface area contributed by atoms with Crippen LogP contribution in [0.25, 0.3) is 0 Å².